The second-order valence-corrected chi connectivity index (χ2v) is 2.95. The summed E-state index contributed by atoms with van der Waals surface area (Å²) >= 11 is 0. The molecule has 1 fully saturated rings. The van der Waals surface area contributed by atoms with Crippen molar-refractivity contribution in [1.82, 2.24) is 4.90 Å². The Morgan fingerprint density at radius 1 is 1.73 bits per heavy atom. The summed E-state index contributed by atoms with van der Waals surface area (Å²) in [5.74, 6) is -0.356. The van der Waals surface area contributed by atoms with Crippen molar-refractivity contribution in [1.29, 1.82) is 0 Å². The largest absolute Gasteiger partial charge is 0.366 e. The molecule has 1 rings (SSSR count). The molecule has 0 aliphatic carbocycles. The number of primary amides is 1. The average molecular weight is 154 g/mol. The lowest BCUT2D eigenvalue weighted by Crippen LogP contribution is -2.23. The lowest BCUT2D eigenvalue weighted by molar-refractivity contribution is -0.113. The third-order valence-electron chi connectivity index (χ3n) is 2.06. The minimum Gasteiger partial charge on any atom is -0.366 e. The highest BCUT2D eigenvalue weighted by Gasteiger charge is 2.17. The molecule has 1 amide bonds. The van der Waals surface area contributed by atoms with Gasteiger partial charge in [-0.3, -0.25) is 9.69 Å². The molecule has 0 spiro atoms. The van der Waals surface area contributed by atoms with Gasteiger partial charge >= 0.3 is 0 Å². The van der Waals surface area contributed by atoms with Crippen molar-refractivity contribution in [2.24, 2.45) is 5.73 Å². The zero-order valence-electron chi connectivity index (χ0n) is 6.79. The van der Waals surface area contributed by atoms with Gasteiger partial charge in [0.2, 0.25) is 5.91 Å². The Bertz CT molecular complexity index is 177. The summed E-state index contributed by atoms with van der Waals surface area (Å²) in [4.78, 5) is 12.6. The van der Waals surface area contributed by atoms with E-state index in [4.69, 9.17) is 5.73 Å². The van der Waals surface area contributed by atoms with Crippen molar-refractivity contribution < 1.29 is 4.79 Å². The minimum atomic E-state index is -0.356. The molecule has 0 aromatic carbocycles. The summed E-state index contributed by atoms with van der Waals surface area (Å²) in [6, 6.07) is 0.419. The van der Waals surface area contributed by atoms with Gasteiger partial charge in [-0.25, -0.2) is 0 Å². The van der Waals surface area contributed by atoms with E-state index in [1.165, 1.54) is 12.5 Å². The van der Waals surface area contributed by atoms with Gasteiger partial charge in [-0.15, -0.1) is 0 Å². The third kappa shape index (κ3) is 2.35. The molecule has 0 aromatic heterocycles. The smallest absolute Gasteiger partial charge is 0.241 e. The highest BCUT2D eigenvalue weighted by molar-refractivity contribution is 5.85. The molecule has 0 aromatic rings. The first-order valence-corrected chi connectivity index (χ1v) is 3.88. The Morgan fingerprint density at radius 3 is 2.91 bits per heavy atom. The lowest BCUT2D eigenvalue weighted by Gasteiger charge is -2.14. The Balaban J connectivity index is 2.42. The van der Waals surface area contributed by atoms with Crippen molar-refractivity contribution in [2.75, 3.05) is 13.6 Å². The summed E-state index contributed by atoms with van der Waals surface area (Å²) in [5, 5.41) is 0. The topological polar surface area (TPSA) is 46.3 Å². The van der Waals surface area contributed by atoms with E-state index in [-0.39, 0.29) is 5.91 Å². The van der Waals surface area contributed by atoms with E-state index in [1.807, 2.05) is 6.08 Å². The number of hydrogen-bond acceptors (Lipinski definition) is 2. The number of nitrogens with two attached hydrogens (primary N) is 1. The van der Waals surface area contributed by atoms with Crippen LogP contribution in [0.3, 0.4) is 0 Å². The Hall–Kier alpha value is -0.830. The van der Waals surface area contributed by atoms with Gasteiger partial charge < -0.3 is 5.73 Å². The molecule has 2 N–H and O–H groups in total. The van der Waals surface area contributed by atoms with Crippen molar-refractivity contribution in [2.45, 2.75) is 18.9 Å². The van der Waals surface area contributed by atoms with Crippen molar-refractivity contribution >= 4 is 5.91 Å². The maximum Gasteiger partial charge on any atom is 0.241 e. The molecular formula is C8H14N2O. The zero-order valence-corrected chi connectivity index (χ0v) is 6.79. The van der Waals surface area contributed by atoms with Crippen molar-refractivity contribution in [3.8, 4) is 0 Å². The molecule has 0 unspecified atom stereocenters. The normalized spacial score (nSPS) is 26.5. The standard InChI is InChI=1S/C8H14N2O/c1-10-6-2-3-7(10)4-5-8(9)11/h4-5,7H,2-3,6H2,1H3,(H2,9,11)/b5-4+/t7-/m1/s1. The van der Waals surface area contributed by atoms with Gasteiger partial charge in [0, 0.05) is 12.1 Å². The van der Waals surface area contributed by atoms with Crippen LogP contribution in [0.15, 0.2) is 12.2 Å². The second kappa shape index (κ2) is 3.53. The molecule has 1 atom stereocenters. The first-order valence-electron chi connectivity index (χ1n) is 3.88. The van der Waals surface area contributed by atoms with Crippen LogP contribution in [0.25, 0.3) is 0 Å². The highest BCUT2D eigenvalue weighted by Crippen LogP contribution is 2.15. The predicted octanol–water partition coefficient (Wildman–Crippen LogP) is 0.122. The van der Waals surface area contributed by atoms with E-state index in [9.17, 15) is 4.79 Å². The van der Waals surface area contributed by atoms with E-state index in [0.717, 1.165) is 13.0 Å². The molecule has 1 aliphatic heterocycles. The SMILES string of the molecule is CN1CCC[C@@H]1/C=C/C(N)=O. The maximum atomic E-state index is 10.4. The van der Waals surface area contributed by atoms with Crippen LogP contribution in [-0.4, -0.2) is 30.4 Å². The monoisotopic (exact) mass is 154 g/mol. The van der Waals surface area contributed by atoms with E-state index >= 15 is 0 Å². The van der Waals surface area contributed by atoms with Crippen LogP contribution in [0.1, 0.15) is 12.8 Å². The molecule has 1 aliphatic rings. The van der Waals surface area contributed by atoms with Crippen LogP contribution in [0, 0.1) is 0 Å². The molecule has 3 nitrogen and oxygen atoms in total. The van der Waals surface area contributed by atoms with Gasteiger partial charge in [0.05, 0.1) is 0 Å². The summed E-state index contributed by atoms with van der Waals surface area (Å²) in [5.41, 5.74) is 4.97. The number of amides is 1. The molecule has 0 saturated carbocycles. The van der Waals surface area contributed by atoms with E-state index in [2.05, 4.69) is 11.9 Å². The number of nitrogens with zero attached hydrogens (tertiary/aromatic N) is 1. The van der Waals surface area contributed by atoms with Crippen LogP contribution in [0.5, 0.6) is 0 Å². The number of carbonyl (C=O) groups is 1. The van der Waals surface area contributed by atoms with E-state index in [0.29, 0.717) is 6.04 Å². The molecule has 0 radical (unpaired) electrons. The molecule has 3 heteroatoms. The molecule has 62 valence electrons. The summed E-state index contributed by atoms with van der Waals surface area (Å²) in [6.45, 7) is 1.12. The second-order valence-electron chi connectivity index (χ2n) is 2.95. The molecule has 11 heavy (non-hydrogen) atoms. The quantitative estimate of drug-likeness (QED) is 0.574. The first kappa shape index (κ1) is 8.27. The number of likely N-dealkylation sites (tertiary alicyclic amines) is 1. The van der Waals surface area contributed by atoms with E-state index in [1.54, 1.807) is 0 Å². The fourth-order valence-electron chi connectivity index (χ4n) is 1.39. The Kier molecular flexibility index (Phi) is 2.65. The van der Waals surface area contributed by atoms with E-state index < -0.39 is 0 Å². The minimum absolute atomic E-state index is 0.356. The zero-order chi connectivity index (χ0) is 8.27. The third-order valence-corrected chi connectivity index (χ3v) is 2.06. The predicted molar refractivity (Wildman–Crippen MR) is 44.0 cm³/mol. The van der Waals surface area contributed by atoms with Crippen molar-refractivity contribution in [3.63, 3.8) is 0 Å². The molecule has 1 saturated heterocycles. The van der Waals surface area contributed by atoms with Gasteiger partial charge in [-0.05, 0) is 26.4 Å². The Labute approximate surface area is 66.9 Å². The first-order chi connectivity index (χ1) is 5.20. The fraction of sp³-hybridized carbons (Fsp3) is 0.625. The van der Waals surface area contributed by atoms with Crippen LogP contribution in [0.2, 0.25) is 0 Å². The Morgan fingerprint density at radius 2 is 2.45 bits per heavy atom. The van der Waals surface area contributed by atoms with Crippen molar-refractivity contribution in [3.05, 3.63) is 12.2 Å². The fourth-order valence-corrected chi connectivity index (χ4v) is 1.39. The van der Waals surface area contributed by atoms with Crippen LogP contribution in [-0.2, 0) is 4.79 Å². The van der Waals surface area contributed by atoms with Gasteiger partial charge in [0.1, 0.15) is 0 Å². The van der Waals surface area contributed by atoms with Crippen LogP contribution >= 0.6 is 0 Å². The number of carbonyl (C=O) groups excluding carboxylic acids is 1. The number of hydrogen-bond donors (Lipinski definition) is 1. The average Bonchev–Trinajstić information content (AvgIpc) is 2.31. The maximum absolute atomic E-state index is 10.4. The van der Waals surface area contributed by atoms with Gasteiger partial charge in [-0.1, -0.05) is 6.08 Å². The summed E-state index contributed by atoms with van der Waals surface area (Å²) in [7, 11) is 2.06. The number of likely N-dealkylation sites (N-methyl/N-ethyl adjacent to an activating group) is 1. The van der Waals surface area contributed by atoms with Crippen LogP contribution < -0.4 is 5.73 Å². The van der Waals surface area contributed by atoms with Gasteiger partial charge in [-0.2, -0.15) is 0 Å². The number of rotatable bonds is 2. The van der Waals surface area contributed by atoms with Crippen LogP contribution in [0.4, 0.5) is 0 Å². The van der Waals surface area contributed by atoms with Gasteiger partial charge in [0.15, 0.2) is 0 Å². The summed E-state index contributed by atoms with van der Waals surface area (Å²) in [6.07, 6.45) is 5.69. The molecule has 1 heterocycles. The van der Waals surface area contributed by atoms with Gasteiger partial charge in [0.25, 0.3) is 0 Å². The molecular weight excluding hydrogens is 140 g/mol. The molecule has 0 bridgehead atoms. The highest BCUT2D eigenvalue weighted by atomic mass is 16.1. The lowest BCUT2D eigenvalue weighted by atomic mass is 10.2. The summed E-state index contributed by atoms with van der Waals surface area (Å²) < 4.78 is 0.